The van der Waals surface area contributed by atoms with Crippen LogP contribution in [0, 0.1) is 5.41 Å². The van der Waals surface area contributed by atoms with Gasteiger partial charge in [0.1, 0.15) is 0 Å². The highest BCUT2D eigenvalue weighted by atomic mass is 79.9. The summed E-state index contributed by atoms with van der Waals surface area (Å²) in [5.41, 5.74) is 0.620. The third-order valence-corrected chi connectivity index (χ3v) is 5.13. The lowest BCUT2D eigenvalue weighted by Gasteiger charge is -2.51. The number of carbonyl (C=O) groups excluding carboxylic acids is 1. The van der Waals surface area contributed by atoms with Crippen molar-refractivity contribution in [2.45, 2.75) is 32.4 Å². The monoisotopic (exact) mass is 389 g/mol. The van der Waals surface area contributed by atoms with Crippen molar-refractivity contribution in [1.29, 1.82) is 0 Å². The second-order valence-corrected chi connectivity index (χ2v) is 7.20. The number of benzene rings is 1. The van der Waals surface area contributed by atoms with Crippen molar-refractivity contribution in [2.24, 2.45) is 5.41 Å². The summed E-state index contributed by atoms with van der Waals surface area (Å²) in [4.78, 5) is 12.3. The van der Waals surface area contributed by atoms with E-state index in [1.807, 2.05) is 18.2 Å². The van der Waals surface area contributed by atoms with Gasteiger partial charge in [0.05, 0.1) is 11.7 Å². The van der Waals surface area contributed by atoms with Crippen LogP contribution in [0.5, 0.6) is 0 Å². The number of hydrogen-bond acceptors (Lipinski definition) is 2. The van der Waals surface area contributed by atoms with Gasteiger partial charge in [-0.1, -0.05) is 29.8 Å². The lowest BCUT2D eigenvalue weighted by atomic mass is 9.64. The summed E-state index contributed by atoms with van der Waals surface area (Å²) in [6.45, 7) is 4.23. The maximum Gasteiger partial charge on any atom is 0.252 e. The highest BCUT2D eigenvalue weighted by Gasteiger charge is 2.49. The van der Waals surface area contributed by atoms with E-state index in [9.17, 15) is 4.79 Å². The Hall–Kier alpha value is -0.390. The van der Waals surface area contributed by atoms with Crippen LogP contribution in [0.25, 0.3) is 0 Å². The molecule has 0 aliphatic heterocycles. The summed E-state index contributed by atoms with van der Waals surface area (Å²) in [6.07, 6.45) is 1.07. The topological polar surface area (TPSA) is 38.3 Å². The Balaban J connectivity index is 2.09. The van der Waals surface area contributed by atoms with Crippen LogP contribution in [-0.2, 0) is 4.74 Å². The molecule has 1 saturated carbocycles. The van der Waals surface area contributed by atoms with Crippen molar-refractivity contribution in [1.82, 2.24) is 5.32 Å². The molecule has 1 amide bonds. The second-order valence-electron chi connectivity index (χ2n) is 5.43. The summed E-state index contributed by atoms with van der Waals surface area (Å²) in [5.74, 6) is -0.0548. The molecule has 1 aliphatic rings. The van der Waals surface area contributed by atoms with Crippen LogP contribution in [0.2, 0.25) is 0 Å². The molecule has 2 rings (SSSR count). The van der Waals surface area contributed by atoms with Gasteiger partial charge in [0.25, 0.3) is 5.91 Å². The molecular weight excluding hydrogens is 374 g/mol. The van der Waals surface area contributed by atoms with E-state index in [0.29, 0.717) is 5.56 Å². The molecule has 1 fully saturated rings. The van der Waals surface area contributed by atoms with E-state index in [1.165, 1.54) is 0 Å². The third-order valence-electron chi connectivity index (χ3n) is 3.94. The minimum absolute atomic E-state index is 0.0249. The summed E-state index contributed by atoms with van der Waals surface area (Å²) in [6, 6.07) is 5.73. The molecule has 3 nitrogen and oxygen atoms in total. The van der Waals surface area contributed by atoms with Gasteiger partial charge in [-0.15, -0.1) is 0 Å². The van der Waals surface area contributed by atoms with E-state index in [-0.39, 0.29) is 23.5 Å². The van der Waals surface area contributed by atoms with E-state index < -0.39 is 0 Å². The Morgan fingerprint density at radius 2 is 2.11 bits per heavy atom. The molecular formula is C14H17Br2NO2. The van der Waals surface area contributed by atoms with Gasteiger partial charge in [-0.05, 0) is 40.5 Å². The minimum Gasteiger partial charge on any atom is -0.381 e. The third kappa shape index (κ3) is 2.88. The van der Waals surface area contributed by atoms with Gasteiger partial charge in [0.15, 0.2) is 0 Å². The molecule has 5 heteroatoms. The normalized spacial score (nSPS) is 24.7. The number of halogens is 2. The van der Waals surface area contributed by atoms with Gasteiger partial charge in [0.2, 0.25) is 0 Å². The van der Waals surface area contributed by atoms with Crippen molar-refractivity contribution >= 4 is 37.8 Å². The van der Waals surface area contributed by atoms with Crippen molar-refractivity contribution in [3.8, 4) is 0 Å². The zero-order chi connectivity index (χ0) is 14.2. The van der Waals surface area contributed by atoms with Crippen molar-refractivity contribution in [2.75, 3.05) is 7.11 Å². The second kappa shape index (κ2) is 5.54. The first-order valence-electron chi connectivity index (χ1n) is 6.15. The van der Waals surface area contributed by atoms with Gasteiger partial charge in [-0.25, -0.2) is 0 Å². The average molecular weight is 391 g/mol. The average Bonchev–Trinajstić information content (AvgIpc) is 2.36. The standard InChI is InChI=1S/C14H17Br2NO2/c1-14(2)11(7-12(14)19-3)17-13(18)9-6-8(15)4-5-10(9)16/h4-6,11-12H,7H2,1-3H3,(H,17,18). The van der Waals surface area contributed by atoms with Crippen molar-refractivity contribution in [3.05, 3.63) is 32.7 Å². The van der Waals surface area contributed by atoms with Crippen LogP contribution in [0.3, 0.4) is 0 Å². The van der Waals surface area contributed by atoms with Gasteiger partial charge < -0.3 is 10.1 Å². The number of rotatable bonds is 3. The van der Waals surface area contributed by atoms with Crippen molar-refractivity contribution < 1.29 is 9.53 Å². The van der Waals surface area contributed by atoms with E-state index in [4.69, 9.17) is 4.74 Å². The molecule has 0 saturated heterocycles. The molecule has 0 aromatic heterocycles. The first kappa shape index (κ1) is 15.0. The number of hydrogen-bond donors (Lipinski definition) is 1. The Morgan fingerprint density at radius 3 is 2.68 bits per heavy atom. The van der Waals surface area contributed by atoms with Crippen LogP contribution in [-0.4, -0.2) is 25.2 Å². The fourth-order valence-corrected chi connectivity index (χ4v) is 3.23. The summed E-state index contributed by atoms with van der Waals surface area (Å²) >= 11 is 6.79. The Kier molecular flexibility index (Phi) is 4.38. The van der Waals surface area contributed by atoms with Crippen LogP contribution in [0.15, 0.2) is 27.1 Å². The molecule has 1 aliphatic carbocycles. The smallest absolute Gasteiger partial charge is 0.252 e. The summed E-state index contributed by atoms with van der Waals surface area (Å²) < 4.78 is 7.09. The van der Waals surface area contributed by atoms with Crippen LogP contribution in [0.4, 0.5) is 0 Å². The molecule has 1 N–H and O–H groups in total. The Morgan fingerprint density at radius 1 is 1.42 bits per heavy atom. The van der Waals surface area contributed by atoms with Gasteiger partial charge in [-0.3, -0.25) is 4.79 Å². The van der Waals surface area contributed by atoms with Crippen LogP contribution < -0.4 is 5.32 Å². The predicted molar refractivity (Wildman–Crippen MR) is 82.3 cm³/mol. The van der Waals surface area contributed by atoms with Gasteiger partial charge in [0, 0.05) is 27.5 Å². The molecule has 0 bridgehead atoms. The quantitative estimate of drug-likeness (QED) is 0.853. The van der Waals surface area contributed by atoms with E-state index >= 15 is 0 Å². The number of methoxy groups -OCH3 is 1. The summed E-state index contributed by atoms with van der Waals surface area (Å²) in [5, 5.41) is 3.09. The van der Waals surface area contributed by atoms with E-state index in [1.54, 1.807) is 7.11 Å². The molecule has 2 atom stereocenters. The van der Waals surface area contributed by atoms with Gasteiger partial charge in [-0.2, -0.15) is 0 Å². The zero-order valence-corrected chi connectivity index (χ0v) is 14.3. The Labute approximate surface area is 130 Å². The van der Waals surface area contributed by atoms with E-state index in [0.717, 1.165) is 15.4 Å². The highest BCUT2D eigenvalue weighted by molar-refractivity contribution is 9.11. The fourth-order valence-electron chi connectivity index (χ4n) is 2.44. The van der Waals surface area contributed by atoms with Crippen LogP contribution >= 0.6 is 31.9 Å². The minimum atomic E-state index is -0.0548. The number of amides is 1. The molecule has 0 heterocycles. The lowest BCUT2D eigenvalue weighted by Crippen LogP contribution is -2.61. The molecule has 1 aromatic carbocycles. The highest BCUT2D eigenvalue weighted by Crippen LogP contribution is 2.42. The zero-order valence-electron chi connectivity index (χ0n) is 11.2. The number of nitrogens with one attached hydrogen (secondary N) is 1. The molecule has 1 aromatic rings. The largest absolute Gasteiger partial charge is 0.381 e. The van der Waals surface area contributed by atoms with E-state index in [2.05, 4.69) is 51.0 Å². The first-order valence-corrected chi connectivity index (χ1v) is 7.73. The maximum absolute atomic E-state index is 12.3. The molecule has 0 spiro atoms. The molecule has 2 unspecified atom stereocenters. The summed E-state index contributed by atoms with van der Waals surface area (Å²) in [7, 11) is 1.72. The number of carbonyl (C=O) groups is 1. The van der Waals surface area contributed by atoms with Gasteiger partial charge >= 0.3 is 0 Å². The number of ether oxygens (including phenoxy) is 1. The molecule has 104 valence electrons. The fraction of sp³-hybridized carbons (Fsp3) is 0.500. The maximum atomic E-state index is 12.3. The molecule has 0 radical (unpaired) electrons. The van der Waals surface area contributed by atoms with Crippen LogP contribution in [0.1, 0.15) is 30.6 Å². The Bertz CT molecular complexity index is 502. The SMILES string of the molecule is COC1CC(NC(=O)c2cc(Br)ccc2Br)C1(C)C. The van der Waals surface area contributed by atoms with Crippen molar-refractivity contribution in [3.63, 3.8) is 0 Å². The molecule has 19 heavy (non-hydrogen) atoms. The lowest BCUT2D eigenvalue weighted by molar-refractivity contribution is -0.0942. The predicted octanol–water partition coefficient (Wildman–Crippen LogP) is 3.75. The first-order chi connectivity index (χ1) is 8.86.